The van der Waals surface area contributed by atoms with Crippen molar-refractivity contribution < 1.29 is 27.5 Å². The molecule has 1 aliphatic heterocycles. The molecule has 1 saturated carbocycles. The van der Waals surface area contributed by atoms with Gasteiger partial charge >= 0.3 is 5.97 Å². The van der Waals surface area contributed by atoms with E-state index in [1.54, 1.807) is 45.0 Å². The maximum atomic E-state index is 13.3. The largest absolute Gasteiger partial charge is 0.452 e. The van der Waals surface area contributed by atoms with Gasteiger partial charge in [0.05, 0.1) is 21.8 Å². The lowest BCUT2D eigenvalue weighted by atomic mass is 9.90. The van der Waals surface area contributed by atoms with Crippen LogP contribution in [0.25, 0.3) is 0 Å². The lowest BCUT2D eigenvalue weighted by Gasteiger charge is -2.44. The average molecular weight is 500 g/mol. The number of para-hydroxylation sites is 2. The Morgan fingerprint density at radius 2 is 1.69 bits per heavy atom. The molecule has 0 saturated heterocycles. The van der Waals surface area contributed by atoms with Crippen LogP contribution in [0.15, 0.2) is 53.4 Å². The molecule has 0 bridgehead atoms. The van der Waals surface area contributed by atoms with Gasteiger partial charge in [0, 0.05) is 5.54 Å². The molecule has 4 rings (SSSR count). The first-order valence-corrected chi connectivity index (χ1v) is 13.0. The predicted octanol–water partition coefficient (Wildman–Crippen LogP) is 3.22. The number of sulfonamides is 1. The quantitative estimate of drug-likeness (QED) is 0.609. The van der Waals surface area contributed by atoms with E-state index >= 15 is 0 Å². The molecular weight excluding hydrogens is 470 g/mol. The van der Waals surface area contributed by atoms with Crippen LogP contribution in [0.5, 0.6) is 0 Å². The van der Waals surface area contributed by atoms with Crippen molar-refractivity contribution in [3.05, 3.63) is 54.1 Å². The summed E-state index contributed by atoms with van der Waals surface area (Å²) in [6.07, 6.45) is 2.70. The Kier molecular flexibility index (Phi) is 6.46. The van der Waals surface area contributed by atoms with Gasteiger partial charge in [-0.25, -0.2) is 17.9 Å². The monoisotopic (exact) mass is 499 g/mol. The number of rotatable bonds is 5. The van der Waals surface area contributed by atoms with E-state index in [0.717, 1.165) is 12.8 Å². The molecule has 0 radical (unpaired) electrons. The third-order valence-electron chi connectivity index (χ3n) is 6.09. The molecule has 1 aliphatic carbocycles. The van der Waals surface area contributed by atoms with Crippen LogP contribution in [0.3, 0.4) is 0 Å². The fraction of sp³-hybridized carbons (Fsp3) is 0.400. The number of benzene rings is 2. The molecule has 2 aliphatic rings. The molecule has 186 valence electrons. The van der Waals surface area contributed by atoms with E-state index in [1.165, 1.54) is 29.2 Å². The zero-order valence-corrected chi connectivity index (χ0v) is 20.8. The van der Waals surface area contributed by atoms with E-state index in [1.807, 2.05) is 0 Å². The lowest BCUT2D eigenvalue weighted by molar-refractivity contribution is -0.129. The Bertz CT molecular complexity index is 1260. The van der Waals surface area contributed by atoms with Gasteiger partial charge in [0.2, 0.25) is 10.0 Å². The van der Waals surface area contributed by atoms with Gasteiger partial charge < -0.3 is 10.1 Å². The van der Waals surface area contributed by atoms with Crippen LogP contribution in [-0.2, 0) is 24.3 Å². The summed E-state index contributed by atoms with van der Waals surface area (Å²) in [5.74, 6) is -1.48. The molecule has 9 nitrogen and oxygen atoms in total. The summed E-state index contributed by atoms with van der Waals surface area (Å²) in [6.45, 7) is 4.64. The molecule has 10 heteroatoms. The van der Waals surface area contributed by atoms with E-state index in [9.17, 15) is 22.8 Å². The Balaban J connectivity index is 1.49. The highest BCUT2D eigenvalue weighted by Crippen LogP contribution is 2.45. The van der Waals surface area contributed by atoms with E-state index in [-0.39, 0.29) is 16.4 Å². The zero-order valence-electron chi connectivity index (χ0n) is 20.0. The van der Waals surface area contributed by atoms with Gasteiger partial charge in [0.25, 0.3) is 11.8 Å². The van der Waals surface area contributed by atoms with Gasteiger partial charge in [0.1, 0.15) is 5.54 Å². The number of anilines is 2. The lowest BCUT2D eigenvalue weighted by Crippen LogP contribution is -2.61. The number of hydrogen-bond donors (Lipinski definition) is 2. The number of carbonyl (C=O) groups is 3. The minimum absolute atomic E-state index is 0.0131. The molecule has 0 atom stereocenters. The van der Waals surface area contributed by atoms with Gasteiger partial charge in [-0.1, -0.05) is 25.0 Å². The van der Waals surface area contributed by atoms with Gasteiger partial charge in [-0.05, 0) is 70.0 Å². The smallest absolute Gasteiger partial charge is 0.338 e. The maximum absolute atomic E-state index is 13.3. The standard InChI is InChI=1S/C25H29N3O6S/c1-24(2,3)27-35(32,33)18-12-10-17(11-13-18)22(30)34-16-21(29)28-20-9-5-4-8-19(20)26-23(31)25(28)14-6-7-15-25/h4-5,8-13,27H,6-7,14-16H2,1-3H3,(H,26,31). The first-order valence-electron chi connectivity index (χ1n) is 11.5. The number of carbonyl (C=O) groups excluding carboxylic acids is 3. The Morgan fingerprint density at radius 1 is 1.06 bits per heavy atom. The molecule has 2 amide bonds. The third-order valence-corrected chi connectivity index (χ3v) is 7.87. The summed E-state index contributed by atoms with van der Waals surface area (Å²) in [6, 6.07) is 12.4. The van der Waals surface area contributed by atoms with Crippen molar-refractivity contribution in [2.75, 3.05) is 16.8 Å². The highest BCUT2D eigenvalue weighted by molar-refractivity contribution is 7.89. The molecule has 2 N–H and O–H groups in total. The van der Waals surface area contributed by atoms with E-state index in [0.29, 0.717) is 24.2 Å². The molecule has 1 fully saturated rings. The predicted molar refractivity (Wildman–Crippen MR) is 131 cm³/mol. The summed E-state index contributed by atoms with van der Waals surface area (Å²) in [7, 11) is -3.75. The van der Waals surface area contributed by atoms with Crippen LogP contribution in [0, 0.1) is 0 Å². The van der Waals surface area contributed by atoms with Crippen molar-refractivity contribution >= 4 is 39.2 Å². The first kappa shape index (κ1) is 24.9. The van der Waals surface area contributed by atoms with Crippen molar-refractivity contribution in [2.45, 2.75) is 62.4 Å². The third kappa shape index (κ3) is 4.94. The summed E-state index contributed by atoms with van der Waals surface area (Å²) < 4.78 is 32.7. The second kappa shape index (κ2) is 9.09. The number of ether oxygens (including phenoxy) is 1. The maximum Gasteiger partial charge on any atom is 0.338 e. The highest BCUT2D eigenvalue weighted by atomic mass is 32.2. The normalized spacial score (nSPS) is 17.1. The summed E-state index contributed by atoms with van der Waals surface area (Å²) >= 11 is 0. The zero-order chi connectivity index (χ0) is 25.4. The first-order chi connectivity index (χ1) is 16.4. The van der Waals surface area contributed by atoms with Gasteiger partial charge in [-0.2, -0.15) is 0 Å². The Morgan fingerprint density at radius 3 is 2.31 bits per heavy atom. The second-order valence-electron chi connectivity index (χ2n) is 9.90. The van der Waals surface area contributed by atoms with Crippen LogP contribution in [0.2, 0.25) is 0 Å². The molecule has 1 spiro atoms. The van der Waals surface area contributed by atoms with Gasteiger partial charge in [-0.15, -0.1) is 0 Å². The molecule has 2 aromatic rings. The van der Waals surface area contributed by atoms with Crippen molar-refractivity contribution in [3.8, 4) is 0 Å². The van der Waals surface area contributed by atoms with Crippen molar-refractivity contribution in [1.82, 2.24) is 4.72 Å². The van der Waals surface area contributed by atoms with E-state index in [2.05, 4.69) is 10.0 Å². The molecular formula is C25H29N3O6S. The summed E-state index contributed by atoms with van der Waals surface area (Å²) in [4.78, 5) is 40.4. The van der Waals surface area contributed by atoms with Crippen LogP contribution < -0.4 is 14.9 Å². The fourth-order valence-electron chi connectivity index (χ4n) is 4.64. The van der Waals surface area contributed by atoms with E-state index < -0.39 is 39.6 Å². The highest BCUT2D eigenvalue weighted by Gasteiger charge is 2.52. The van der Waals surface area contributed by atoms with E-state index in [4.69, 9.17) is 4.74 Å². The molecule has 2 aromatic carbocycles. The Hall–Kier alpha value is -3.24. The van der Waals surface area contributed by atoms with Crippen LogP contribution in [-0.4, -0.2) is 43.9 Å². The fourth-order valence-corrected chi connectivity index (χ4v) is 6.05. The van der Waals surface area contributed by atoms with Crippen molar-refractivity contribution in [1.29, 1.82) is 0 Å². The topological polar surface area (TPSA) is 122 Å². The average Bonchev–Trinajstić information content (AvgIpc) is 3.27. The SMILES string of the molecule is CC(C)(C)NS(=O)(=O)c1ccc(C(=O)OCC(=O)N2c3ccccc3NC(=O)C23CCCC3)cc1. The summed E-state index contributed by atoms with van der Waals surface area (Å²) in [5.41, 5.74) is -0.420. The molecule has 1 heterocycles. The number of nitrogens with one attached hydrogen (secondary N) is 2. The Labute approximate surface area is 204 Å². The molecule has 35 heavy (non-hydrogen) atoms. The number of hydrogen-bond acceptors (Lipinski definition) is 6. The number of fused-ring (bicyclic) bond motifs is 1. The minimum atomic E-state index is -3.75. The van der Waals surface area contributed by atoms with Gasteiger partial charge in [-0.3, -0.25) is 14.5 Å². The van der Waals surface area contributed by atoms with Crippen molar-refractivity contribution in [3.63, 3.8) is 0 Å². The second-order valence-corrected chi connectivity index (χ2v) is 11.6. The van der Waals surface area contributed by atoms with Crippen molar-refractivity contribution in [2.24, 2.45) is 0 Å². The van der Waals surface area contributed by atoms with Gasteiger partial charge in [0.15, 0.2) is 6.61 Å². The number of esters is 1. The van der Waals surface area contributed by atoms with Crippen LogP contribution >= 0.6 is 0 Å². The van der Waals surface area contributed by atoms with Crippen LogP contribution in [0.1, 0.15) is 56.8 Å². The van der Waals surface area contributed by atoms with Crippen LogP contribution in [0.4, 0.5) is 11.4 Å². The summed E-state index contributed by atoms with van der Waals surface area (Å²) in [5, 5.41) is 2.90. The molecule has 0 aromatic heterocycles. The number of nitrogens with zero attached hydrogens (tertiary/aromatic N) is 1. The number of amides is 2. The molecule has 0 unspecified atom stereocenters. The minimum Gasteiger partial charge on any atom is -0.452 e.